The Balaban J connectivity index is 2.77. The summed E-state index contributed by atoms with van der Waals surface area (Å²) in [5, 5.41) is 8.24. The molecule has 0 spiro atoms. The van der Waals surface area contributed by atoms with Crippen LogP contribution in [0.5, 0.6) is 0 Å². The van der Waals surface area contributed by atoms with E-state index in [2.05, 4.69) is 56.9 Å². The van der Waals surface area contributed by atoms with Crippen LogP contribution in [-0.4, -0.2) is 35.6 Å². The first-order chi connectivity index (χ1) is 9.53. The van der Waals surface area contributed by atoms with Crippen molar-refractivity contribution in [1.82, 2.24) is 15.1 Å². The topological polar surface area (TPSA) is 39.1 Å². The second kappa shape index (κ2) is 8.42. The van der Waals surface area contributed by atoms with Gasteiger partial charge in [0.2, 0.25) is 0 Å². The van der Waals surface area contributed by atoms with Crippen molar-refractivity contribution in [2.24, 2.45) is 5.92 Å². The van der Waals surface area contributed by atoms with Gasteiger partial charge in [-0.15, -0.1) is 0 Å². The third kappa shape index (κ3) is 4.60. The van der Waals surface area contributed by atoms with Gasteiger partial charge in [0.15, 0.2) is 0 Å². The molecule has 1 aromatic rings. The Labute approximate surface area is 123 Å². The van der Waals surface area contributed by atoms with E-state index in [1.54, 1.807) is 7.11 Å². The molecule has 3 atom stereocenters. The van der Waals surface area contributed by atoms with E-state index in [4.69, 9.17) is 9.84 Å². The Bertz CT molecular complexity index is 376. The van der Waals surface area contributed by atoms with Gasteiger partial charge in [0, 0.05) is 31.8 Å². The maximum Gasteiger partial charge on any atom is 0.0750 e. The number of ether oxygens (including phenoxy) is 1. The van der Waals surface area contributed by atoms with Crippen LogP contribution in [0.3, 0.4) is 0 Å². The molecule has 0 amide bonds. The molecule has 0 bridgehead atoms. The summed E-state index contributed by atoms with van der Waals surface area (Å²) >= 11 is 0. The van der Waals surface area contributed by atoms with Crippen LogP contribution in [0.15, 0.2) is 12.3 Å². The molecule has 1 heterocycles. The molecule has 0 aliphatic rings. The van der Waals surface area contributed by atoms with Gasteiger partial charge in [-0.05, 0) is 31.9 Å². The maximum absolute atomic E-state index is 5.68. The number of rotatable bonds is 9. The Hall–Kier alpha value is -0.870. The van der Waals surface area contributed by atoms with Crippen molar-refractivity contribution >= 4 is 0 Å². The SMILES string of the molecule is CCNC(Cc1ccn(C(C)CC)n1)C(OC)C(C)C. The van der Waals surface area contributed by atoms with E-state index in [0.717, 1.165) is 25.1 Å². The first kappa shape index (κ1) is 17.2. The van der Waals surface area contributed by atoms with Gasteiger partial charge in [-0.2, -0.15) is 5.10 Å². The minimum absolute atomic E-state index is 0.212. The van der Waals surface area contributed by atoms with Crippen LogP contribution in [0.1, 0.15) is 52.8 Å². The lowest BCUT2D eigenvalue weighted by Gasteiger charge is -2.29. The van der Waals surface area contributed by atoms with Crippen LogP contribution in [-0.2, 0) is 11.2 Å². The molecule has 0 fully saturated rings. The van der Waals surface area contributed by atoms with Crippen molar-refractivity contribution in [3.8, 4) is 0 Å². The highest BCUT2D eigenvalue weighted by Crippen LogP contribution is 2.16. The lowest BCUT2D eigenvalue weighted by atomic mass is 9.96. The Morgan fingerprint density at radius 2 is 2.00 bits per heavy atom. The van der Waals surface area contributed by atoms with Gasteiger partial charge in [-0.1, -0.05) is 27.7 Å². The van der Waals surface area contributed by atoms with Crippen LogP contribution >= 0.6 is 0 Å². The summed E-state index contributed by atoms with van der Waals surface area (Å²) in [6.45, 7) is 11.9. The van der Waals surface area contributed by atoms with Crippen molar-refractivity contribution in [2.75, 3.05) is 13.7 Å². The van der Waals surface area contributed by atoms with Gasteiger partial charge in [0.1, 0.15) is 0 Å². The summed E-state index contributed by atoms with van der Waals surface area (Å²) in [5.74, 6) is 0.487. The van der Waals surface area contributed by atoms with Crippen molar-refractivity contribution in [1.29, 1.82) is 0 Å². The molecule has 4 nitrogen and oxygen atoms in total. The fourth-order valence-electron chi connectivity index (χ4n) is 2.61. The summed E-state index contributed by atoms with van der Waals surface area (Å²) in [7, 11) is 1.80. The van der Waals surface area contributed by atoms with Crippen molar-refractivity contribution < 1.29 is 4.74 Å². The lowest BCUT2D eigenvalue weighted by molar-refractivity contribution is 0.0334. The molecule has 3 unspecified atom stereocenters. The molecular formula is C16H31N3O. The van der Waals surface area contributed by atoms with Crippen LogP contribution < -0.4 is 5.32 Å². The quantitative estimate of drug-likeness (QED) is 0.756. The minimum Gasteiger partial charge on any atom is -0.380 e. The van der Waals surface area contributed by atoms with Crippen molar-refractivity contribution in [2.45, 2.75) is 65.6 Å². The molecule has 116 valence electrons. The summed E-state index contributed by atoms with van der Waals surface area (Å²) in [6, 6.07) is 2.90. The smallest absolute Gasteiger partial charge is 0.0750 e. The Kier molecular flexibility index (Phi) is 7.24. The summed E-state index contributed by atoms with van der Waals surface area (Å²) in [4.78, 5) is 0. The summed E-state index contributed by atoms with van der Waals surface area (Å²) in [6.07, 6.45) is 4.31. The van der Waals surface area contributed by atoms with Gasteiger partial charge in [-0.3, -0.25) is 4.68 Å². The van der Waals surface area contributed by atoms with E-state index >= 15 is 0 Å². The first-order valence-electron chi connectivity index (χ1n) is 7.83. The zero-order chi connectivity index (χ0) is 15.1. The molecule has 1 aromatic heterocycles. The van der Waals surface area contributed by atoms with Crippen molar-refractivity contribution in [3.63, 3.8) is 0 Å². The zero-order valence-electron chi connectivity index (χ0n) is 13.9. The van der Waals surface area contributed by atoms with Gasteiger partial charge < -0.3 is 10.1 Å². The number of nitrogens with zero attached hydrogens (tertiary/aromatic N) is 2. The zero-order valence-corrected chi connectivity index (χ0v) is 13.9. The second-order valence-electron chi connectivity index (χ2n) is 5.86. The van der Waals surface area contributed by atoms with E-state index in [0.29, 0.717) is 18.0 Å². The van der Waals surface area contributed by atoms with Crippen LogP contribution in [0.2, 0.25) is 0 Å². The number of nitrogens with one attached hydrogen (secondary N) is 1. The number of hydrogen-bond acceptors (Lipinski definition) is 3. The van der Waals surface area contributed by atoms with Gasteiger partial charge in [0.05, 0.1) is 11.8 Å². The van der Waals surface area contributed by atoms with Crippen molar-refractivity contribution in [3.05, 3.63) is 18.0 Å². The van der Waals surface area contributed by atoms with Crippen LogP contribution in [0.4, 0.5) is 0 Å². The number of methoxy groups -OCH3 is 1. The average molecular weight is 281 g/mol. The molecular weight excluding hydrogens is 250 g/mol. The Morgan fingerprint density at radius 1 is 1.30 bits per heavy atom. The molecule has 0 aliphatic heterocycles. The van der Waals surface area contributed by atoms with Crippen LogP contribution in [0, 0.1) is 5.92 Å². The molecule has 1 N–H and O–H groups in total. The normalized spacial score (nSPS) is 16.4. The molecule has 0 aliphatic carbocycles. The molecule has 0 saturated carbocycles. The lowest BCUT2D eigenvalue weighted by Crippen LogP contribution is -2.45. The average Bonchev–Trinajstić information content (AvgIpc) is 2.87. The van der Waals surface area contributed by atoms with E-state index in [1.165, 1.54) is 0 Å². The van der Waals surface area contributed by atoms with E-state index in [1.807, 2.05) is 0 Å². The minimum atomic E-state index is 0.212. The molecule has 4 heteroatoms. The Morgan fingerprint density at radius 3 is 2.50 bits per heavy atom. The molecule has 20 heavy (non-hydrogen) atoms. The predicted molar refractivity (Wildman–Crippen MR) is 84.0 cm³/mol. The van der Waals surface area contributed by atoms with E-state index < -0.39 is 0 Å². The largest absolute Gasteiger partial charge is 0.380 e. The van der Waals surface area contributed by atoms with E-state index in [-0.39, 0.29) is 6.10 Å². The van der Waals surface area contributed by atoms with E-state index in [9.17, 15) is 0 Å². The highest BCUT2D eigenvalue weighted by molar-refractivity contribution is 5.03. The summed E-state index contributed by atoms with van der Waals surface area (Å²) in [5.41, 5.74) is 1.14. The molecule has 1 rings (SSSR count). The van der Waals surface area contributed by atoms with Gasteiger partial charge in [-0.25, -0.2) is 0 Å². The monoisotopic (exact) mass is 281 g/mol. The highest BCUT2D eigenvalue weighted by atomic mass is 16.5. The summed E-state index contributed by atoms with van der Waals surface area (Å²) < 4.78 is 7.74. The van der Waals surface area contributed by atoms with Gasteiger partial charge in [0.25, 0.3) is 0 Å². The molecule has 0 saturated heterocycles. The first-order valence-corrected chi connectivity index (χ1v) is 7.83. The standard InChI is InChI=1S/C16H31N3O/c1-7-13(5)19-10-9-14(18-19)11-15(17-8-2)16(20-6)12(3)4/h9-10,12-13,15-17H,7-8,11H2,1-6H3. The number of aromatic nitrogens is 2. The maximum atomic E-state index is 5.68. The highest BCUT2D eigenvalue weighted by Gasteiger charge is 2.24. The number of likely N-dealkylation sites (N-methyl/N-ethyl adjacent to an activating group) is 1. The third-order valence-corrected chi connectivity index (χ3v) is 3.93. The fraction of sp³-hybridized carbons (Fsp3) is 0.812. The molecule has 0 radical (unpaired) electrons. The number of hydrogen-bond donors (Lipinski definition) is 1. The third-order valence-electron chi connectivity index (χ3n) is 3.93. The fourth-order valence-corrected chi connectivity index (χ4v) is 2.61. The van der Waals surface area contributed by atoms with Crippen LogP contribution in [0.25, 0.3) is 0 Å². The van der Waals surface area contributed by atoms with Gasteiger partial charge >= 0.3 is 0 Å². The second-order valence-corrected chi connectivity index (χ2v) is 5.86. The predicted octanol–water partition coefficient (Wildman–Crippen LogP) is 3.05. The molecule has 0 aromatic carbocycles.